The predicted molar refractivity (Wildman–Crippen MR) is 68.1 cm³/mol. The largest absolute Gasteiger partial charge is 0.476 e. The van der Waals surface area contributed by atoms with Crippen molar-refractivity contribution in [3.8, 4) is 0 Å². The number of carbonyl (C=O) groups is 2. The van der Waals surface area contributed by atoms with Crippen molar-refractivity contribution < 1.29 is 19.4 Å². The molecule has 0 aliphatic heterocycles. The zero-order valence-electron chi connectivity index (χ0n) is 8.94. The first-order chi connectivity index (χ1) is 7.97. The van der Waals surface area contributed by atoms with Crippen LogP contribution in [0.4, 0.5) is 10.6 Å². The number of ether oxygens (including phenoxy) is 1. The van der Waals surface area contributed by atoms with Crippen molar-refractivity contribution in [2.24, 2.45) is 7.05 Å². The van der Waals surface area contributed by atoms with Crippen molar-refractivity contribution in [3.63, 3.8) is 0 Å². The predicted octanol–water partition coefficient (Wildman–Crippen LogP) is 1.46. The molecule has 7 nitrogen and oxygen atoms in total. The van der Waals surface area contributed by atoms with Crippen molar-refractivity contribution in [1.82, 2.24) is 9.78 Å². The fraction of sp³-hybridized carbons (Fsp3) is 0.222. The highest BCUT2D eigenvalue weighted by Crippen LogP contribution is 2.21. The maximum absolute atomic E-state index is 11.2. The number of nitrogens with zero attached hydrogens (tertiary/aromatic N) is 2. The van der Waals surface area contributed by atoms with Gasteiger partial charge in [0.1, 0.15) is 6.61 Å². The zero-order valence-corrected chi connectivity index (χ0v) is 11.1. The molecule has 0 radical (unpaired) electrons. The van der Waals surface area contributed by atoms with E-state index in [9.17, 15) is 9.59 Å². The minimum absolute atomic E-state index is 0.00428. The minimum Gasteiger partial charge on any atom is -0.476 e. The molecule has 0 fully saturated rings. The molecule has 0 saturated carbocycles. The second-order valence-corrected chi connectivity index (χ2v) is 4.03. The Morgan fingerprint density at radius 3 is 2.82 bits per heavy atom. The van der Waals surface area contributed by atoms with Gasteiger partial charge in [-0.3, -0.25) is 10.00 Å². The van der Waals surface area contributed by atoms with Crippen LogP contribution in [-0.4, -0.2) is 33.6 Å². The number of hydrogen-bond donors (Lipinski definition) is 2. The van der Waals surface area contributed by atoms with Crippen LogP contribution in [0, 0.1) is 3.57 Å². The number of anilines is 1. The van der Waals surface area contributed by atoms with Gasteiger partial charge in [0.25, 0.3) is 0 Å². The molecule has 0 aliphatic rings. The van der Waals surface area contributed by atoms with Crippen LogP contribution in [0.15, 0.2) is 12.7 Å². The Balaban J connectivity index is 2.86. The summed E-state index contributed by atoms with van der Waals surface area (Å²) in [4.78, 5) is 22.1. The van der Waals surface area contributed by atoms with Gasteiger partial charge in [0.05, 0.1) is 3.57 Å². The van der Waals surface area contributed by atoms with E-state index in [4.69, 9.17) is 9.84 Å². The van der Waals surface area contributed by atoms with Crippen molar-refractivity contribution in [2.75, 3.05) is 11.9 Å². The van der Waals surface area contributed by atoms with Crippen LogP contribution in [0.5, 0.6) is 0 Å². The number of aromatic carboxylic acids is 1. The number of aryl methyl sites for hydroxylation is 1. The molecule has 0 atom stereocenters. The fourth-order valence-corrected chi connectivity index (χ4v) is 1.90. The monoisotopic (exact) mass is 351 g/mol. The quantitative estimate of drug-likeness (QED) is 0.633. The summed E-state index contributed by atoms with van der Waals surface area (Å²) in [6.45, 7) is 3.47. The lowest BCUT2D eigenvalue weighted by Crippen LogP contribution is -2.14. The third kappa shape index (κ3) is 3.19. The molecule has 0 bridgehead atoms. The van der Waals surface area contributed by atoms with Crippen molar-refractivity contribution in [2.45, 2.75) is 0 Å². The zero-order chi connectivity index (χ0) is 13.0. The summed E-state index contributed by atoms with van der Waals surface area (Å²) in [5, 5.41) is 15.1. The van der Waals surface area contributed by atoms with Gasteiger partial charge in [0, 0.05) is 7.05 Å². The molecule has 8 heteroatoms. The van der Waals surface area contributed by atoms with Crippen LogP contribution >= 0.6 is 22.6 Å². The number of aromatic nitrogens is 2. The van der Waals surface area contributed by atoms with Crippen molar-refractivity contribution in [3.05, 3.63) is 21.9 Å². The molecule has 1 rings (SSSR count). The second kappa shape index (κ2) is 5.66. The third-order valence-electron chi connectivity index (χ3n) is 1.74. The van der Waals surface area contributed by atoms with E-state index < -0.39 is 12.1 Å². The lowest BCUT2D eigenvalue weighted by molar-refractivity contribution is 0.0683. The normalized spacial score (nSPS) is 9.76. The Bertz CT molecular complexity index is 469. The van der Waals surface area contributed by atoms with Gasteiger partial charge in [-0.25, -0.2) is 9.59 Å². The summed E-state index contributed by atoms with van der Waals surface area (Å²) >= 11 is 1.79. The third-order valence-corrected chi connectivity index (χ3v) is 2.77. The molecule has 0 unspecified atom stereocenters. The molecule has 0 saturated heterocycles. The van der Waals surface area contributed by atoms with Gasteiger partial charge < -0.3 is 9.84 Å². The number of carboxylic acid groups (broad SMARTS) is 1. The van der Waals surface area contributed by atoms with E-state index in [1.165, 1.54) is 17.8 Å². The molecule has 2 N–H and O–H groups in total. The molecule has 1 heterocycles. The lowest BCUT2D eigenvalue weighted by atomic mass is 10.4. The average Bonchev–Trinajstić information content (AvgIpc) is 2.51. The molecule has 92 valence electrons. The summed E-state index contributed by atoms with van der Waals surface area (Å²) in [6.07, 6.45) is 0.712. The van der Waals surface area contributed by atoms with Gasteiger partial charge >= 0.3 is 12.1 Å². The second-order valence-electron chi connectivity index (χ2n) is 2.95. The molecule has 1 aromatic heterocycles. The summed E-state index contributed by atoms with van der Waals surface area (Å²) in [5.74, 6) is -0.962. The Morgan fingerprint density at radius 1 is 1.71 bits per heavy atom. The van der Waals surface area contributed by atoms with Crippen LogP contribution in [0.25, 0.3) is 0 Å². The average molecular weight is 351 g/mol. The van der Waals surface area contributed by atoms with Gasteiger partial charge in [0.15, 0.2) is 11.5 Å². The van der Waals surface area contributed by atoms with Gasteiger partial charge in [0.2, 0.25) is 0 Å². The molecule has 17 heavy (non-hydrogen) atoms. The van der Waals surface area contributed by atoms with E-state index in [1.807, 2.05) is 0 Å². The number of nitrogens with one attached hydrogen (secondary N) is 1. The smallest absolute Gasteiger partial charge is 0.413 e. The molecule has 1 aromatic rings. The van der Waals surface area contributed by atoms with Crippen LogP contribution in [-0.2, 0) is 11.8 Å². The summed E-state index contributed by atoms with van der Waals surface area (Å²) in [6, 6.07) is 0. The van der Waals surface area contributed by atoms with Gasteiger partial charge in [-0.1, -0.05) is 12.7 Å². The number of carbonyl (C=O) groups excluding carboxylic acids is 1. The highest BCUT2D eigenvalue weighted by molar-refractivity contribution is 14.1. The SMILES string of the molecule is C=CCOC(=O)Nc1nn(C)c(C(=O)O)c1I. The molecule has 0 aromatic carbocycles. The summed E-state index contributed by atoms with van der Waals surface area (Å²) < 4.78 is 6.21. The Kier molecular flexibility index (Phi) is 4.49. The van der Waals surface area contributed by atoms with Crippen LogP contribution in [0.3, 0.4) is 0 Å². The van der Waals surface area contributed by atoms with E-state index in [-0.39, 0.29) is 18.1 Å². The topological polar surface area (TPSA) is 93.5 Å². The van der Waals surface area contributed by atoms with E-state index in [0.717, 1.165) is 0 Å². The minimum atomic E-state index is -1.11. The fourth-order valence-electron chi connectivity index (χ4n) is 1.08. The van der Waals surface area contributed by atoms with Gasteiger partial charge in [-0.15, -0.1) is 0 Å². The molecule has 0 aliphatic carbocycles. The highest BCUT2D eigenvalue weighted by Gasteiger charge is 2.20. The number of rotatable bonds is 4. The Hall–Kier alpha value is -1.58. The van der Waals surface area contributed by atoms with E-state index in [2.05, 4.69) is 17.0 Å². The molecule has 0 spiro atoms. The number of hydrogen-bond acceptors (Lipinski definition) is 4. The molecule has 1 amide bonds. The first-order valence-electron chi connectivity index (χ1n) is 4.47. The highest BCUT2D eigenvalue weighted by atomic mass is 127. The first kappa shape index (κ1) is 13.5. The molecular weight excluding hydrogens is 341 g/mol. The van der Waals surface area contributed by atoms with Crippen LogP contribution in [0.1, 0.15) is 10.5 Å². The lowest BCUT2D eigenvalue weighted by Gasteiger charge is -2.01. The Labute approximate surface area is 111 Å². The first-order valence-corrected chi connectivity index (χ1v) is 5.55. The van der Waals surface area contributed by atoms with Gasteiger partial charge in [-0.05, 0) is 22.6 Å². The van der Waals surface area contributed by atoms with E-state index in [0.29, 0.717) is 3.57 Å². The van der Waals surface area contributed by atoms with E-state index >= 15 is 0 Å². The van der Waals surface area contributed by atoms with Gasteiger partial charge in [-0.2, -0.15) is 5.10 Å². The van der Waals surface area contributed by atoms with Crippen molar-refractivity contribution >= 4 is 40.5 Å². The van der Waals surface area contributed by atoms with Crippen LogP contribution < -0.4 is 5.32 Å². The Morgan fingerprint density at radius 2 is 2.35 bits per heavy atom. The summed E-state index contributed by atoms with van der Waals surface area (Å²) in [5.41, 5.74) is 0.00428. The van der Waals surface area contributed by atoms with E-state index in [1.54, 1.807) is 22.6 Å². The maximum Gasteiger partial charge on any atom is 0.413 e. The molecular formula is C9H10IN3O4. The number of halogens is 1. The maximum atomic E-state index is 11.2. The van der Waals surface area contributed by atoms with Crippen LogP contribution in [0.2, 0.25) is 0 Å². The summed E-state index contributed by atoms with van der Waals surface area (Å²) in [7, 11) is 1.48. The standard InChI is InChI=1S/C9H10IN3O4/c1-3-4-17-9(16)11-7-5(10)6(8(14)15)13(2)12-7/h3H,1,4H2,2H3,(H,14,15)(H,11,12,16). The number of carboxylic acids is 1. The number of amides is 1. The van der Waals surface area contributed by atoms with Crippen molar-refractivity contribution in [1.29, 1.82) is 0 Å².